The minimum Gasteiger partial charge on any atom is -0.353 e. The number of carbonyl (C=O) groups excluding carboxylic acids is 1. The number of nitrogens with one attached hydrogen (secondary N) is 1. The van der Waals surface area contributed by atoms with E-state index in [4.69, 9.17) is 0 Å². The number of rotatable bonds is 7. The number of hydrogen-bond acceptors (Lipinski definition) is 3. The molecule has 5 nitrogen and oxygen atoms in total. The number of carbonyl (C=O) groups is 1. The van der Waals surface area contributed by atoms with E-state index in [0.29, 0.717) is 5.56 Å². The van der Waals surface area contributed by atoms with Crippen molar-refractivity contribution >= 4 is 15.9 Å². The van der Waals surface area contributed by atoms with Gasteiger partial charge in [-0.05, 0) is 31.9 Å². The molecule has 7 heteroatoms. The van der Waals surface area contributed by atoms with Crippen LogP contribution in [0.4, 0.5) is 4.39 Å². The quantitative estimate of drug-likeness (QED) is 0.821. The van der Waals surface area contributed by atoms with Crippen LogP contribution in [0.25, 0.3) is 0 Å². The number of hydrogen-bond donors (Lipinski definition) is 1. The van der Waals surface area contributed by atoms with Gasteiger partial charge in [-0.1, -0.05) is 18.2 Å². The van der Waals surface area contributed by atoms with Gasteiger partial charge >= 0.3 is 0 Å². The number of halogens is 1. The van der Waals surface area contributed by atoms with E-state index in [2.05, 4.69) is 5.32 Å². The summed E-state index contributed by atoms with van der Waals surface area (Å²) < 4.78 is 38.0. The van der Waals surface area contributed by atoms with Gasteiger partial charge in [-0.15, -0.1) is 0 Å². The number of sulfonamides is 1. The molecular weight excluding hydrogens is 295 g/mol. The van der Waals surface area contributed by atoms with Crippen LogP contribution < -0.4 is 5.32 Å². The molecule has 0 heterocycles. The standard InChI is InChI=1S/C14H21FN2O3S/c1-11(2)16-14(18)10-17(21(3,19)20)9-8-12-6-4-5-7-13(12)15/h4-7,11H,8-10H2,1-3H3,(H,16,18). The van der Waals surface area contributed by atoms with Crippen LogP contribution in [0.15, 0.2) is 24.3 Å². The van der Waals surface area contributed by atoms with Gasteiger partial charge in [0, 0.05) is 12.6 Å². The second kappa shape index (κ2) is 7.51. The molecule has 1 N–H and O–H groups in total. The fourth-order valence-electron chi connectivity index (χ4n) is 1.84. The van der Waals surface area contributed by atoms with E-state index >= 15 is 0 Å². The van der Waals surface area contributed by atoms with E-state index in [9.17, 15) is 17.6 Å². The molecule has 0 atom stereocenters. The van der Waals surface area contributed by atoms with Crippen LogP contribution in [0.1, 0.15) is 19.4 Å². The molecule has 0 aliphatic heterocycles. The van der Waals surface area contributed by atoms with Gasteiger partial charge in [0.15, 0.2) is 0 Å². The normalized spacial score (nSPS) is 11.9. The zero-order chi connectivity index (χ0) is 16.0. The first kappa shape index (κ1) is 17.6. The molecule has 118 valence electrons. The van der Waals surface area contributed by atoms with E-state index in [1.807, 2.05) is 0 Å². The first-order valence-corrected chi connectivity index (χ1v) is 8.53. The molecule has 0 bridgehead atoms. The van der Waals surface area contributed by atoms with Crippen molar-refractivity contribution in [3.05, 3.63) is 35.6 Å². The predicted molar refractivity (Wildman–Crippen MR) is 79.8 cm³/mol. The highest BCUT2D eigenvalue weighted by Gasteiger charge is 2.20. The summed E-state index contributed by atoms with van der Waals surface area (Å²) in [5, 5.41) is 2.64. The van der Waals surface area contributed by atoms with Crippen LogP contribution in [-0.2, 0) is 21.2 Å². The molecule has 0 aromatic heterocycles. The average Bonchev–Trinajstić information content (AvgIpc) is 2.33. The Morgan fingerprint density at radius 3 is 2.48 bits per heavy atom. The lowest BCUT2D eigenvalue weighted by atomic mass is 10.1. The van der Waals surface area contributed by atoms with Gasteiger partial charge < -0.3 is 5.32 Å². The fourth-order valence-corrected chi connectivity index (χ4v) is 2.61. The third-order valence-corrected chi connectivity index (χ3v) is 4.08. The summed E-state index contributed by atoms with van der Waals surface area (Å²) in [4.78, 5) is 11.7. The fraction of sp³-hybridized carbons (Fsp3) is 0.500. The van der Waals surface area contributed by atoms with E-state index < -0.39 is 10.0 Å². The van der Waals surface area contributed by atoms with Crippen molar-refractivity contribution in [2.75, 3.05) is 19.3 Å². The van der Waals surface area contributed by atoms with Gasteiger partial charge in [0.1, 0.15) is 5.82 Å². The molecule has 1 aromatic carbocycles. The highest BCUT2D eigenvalue weighted by atomic mass is 32.2. The Labute approximate surface area is 125 Å². The van der Waals surface area contributed by atoms with Crippen LogP contribution in [-0.4, -0.2) is 44.0 Å². The molecule has 0 radical (unpaired) electrons. The van der Waals surface area contributed by atoms with Crippen molar-refractivity contribution < 1.29 is 17.6 Å². The van der Waals surface area contributed by atoms with Gasteiger partial charge in [0.05, 0.1) is 12.8 Å². The summed E-state index contributed by atoms with van der Waals surface area (Å²) in [6.45, 7) is 3.39. The average molecular weight is 316 g/mol. The zero-order valence-corrected chi connectivity index (χ0v) is 13.3. The second-order valence-electron chi connectivity index (χ2n) is 5.16. The Kier molecular flexibility index (Phi) is 6.29. The lowest BCUT2D eigenvalue weighted by Crippen LogP contribution is -2.43. The maximum Gasteiger partial charge on any atom is 0.235 e. The molecule has 0 unspecified atom stereocenters. The highest BCUT2D eigenvalue weighted by molar-refractivity contribution is 7.88. The molecule has 0 saturated carbocycles. The van der Waals surface area contributed by atoms with Crippen molar-refractivity contribution in [2.45, 2.75) is 26.3 Å². The number of amides is 1. The smallest absolute Gasteiger partial charge is 0.235 e. The van der Waals surface area contributed by atoms with Crippen molar-refractivity contribution in [3.63, 3.8) is 0 Å². The van der Waals surface area contributed by atoms with Gasteiger partial charge in [-0.25, -0.2) is 12.8 Å². The SMILES string of the molecule is CC(C)NC(=O)CN(CCc1ccccc1F)S(C)(=O)=O. The molecule has 0 fully saturated rings. The van der Waals surface area contributed by atoms with E-state index in [0.717, 1.165) is 10.6 Å². The summed E-state index contributed by atoms with van der Waals surface area (Å²) in [7, 11) is -3.53. The zero-order valence-electron chi connectivity index (χ0n) is 12.5. The lowest BCUT2D eigenvalue weighted by Gasteiger charge is -2.20. The van der Waals surface area contributed by atoms with Crippen LogP contribution in [0.5, 0.6) is 0 Å². The van der Waals surface area contributed by atoms with Crippen LogP contribution in [0.2, 0.25) is 0 Å². The van der Waals surface area contributed by atoms with Crippen molar-refractivity contribution in [2.24, 2.45) is 0 Å². The number of nitrogens with zero attached hydrogens (tertiary/aromatic N) is 1. The van der Waals surface area contributed by atoms with Crippen molar-refractivity contribution in [3.8, 4) is 0 Å². The monoisotopic (exact) mass is 316 g/mol. The maximum absolute atomic E-state index is 13.5. The van der Waals surface area contributed by atoms with Crippen LogP contribution in [0.3, 0.4) is 0 Å². The first-order chi connectivity index (χ1) is 9.70. The second-order valence-corrected chi connectivity index (χ2v) is 7.14. The van der Waals surface area contributed by atoms with Crippen molar-refractivity contribution in [1.82, 2.24) is 9.62 Å². The molecule has 1 aromatic rings. The predicted octanol–water partition coefficient (Wildman–Crippen LogP) is 1.15. The van der Waals surface area contributed by atoms with E-state index in [-0.39, 0.29) is 37.3 Å². The number of benzene rings is 1. The molecule has 0 spiro atoms. The van der Waals surface area contributed by atoms with Gasteiger partial charge in [-0.2, -0.15) is 4.31 Å². The summed E-state index contributed by atoms with van der Waals surface area (Å²) in [5.74, 6) is -0.749. The summed E-state index contributed by atoms with van der Waals surface area (Å²) >= 11 is 0. The Balaban J connectivity index is 2.72. The van der Waals surface area contributed by atoms with Gasteiger partial charge in [0.25, 0.3) is 0 Å². The molecule has 0 aliphatic rings. The van der Waals surface area contributed by atoms with Crippen molar-refractivity contribution in [1.29, 1.82) is 0 Å². The molecule has 1 amide bonds. The molecular formula is C14H21FN2O3S. The Bertz CT molecular complexity index is 588. The molecule has 0 saturated heterocycles. The third-order valence-electron chi connectivity index (χ3n) is 2.83. The Hall–Kier alpha value is -1.47. The largest absolute Gasteiger partial charge is 0.353 e. The maximum atomic E-state index is 13.5. The minimum atomic E-state index is -3.53. The van der Waals surface area contributed by atoms with E-state index in [1.165, 1.54) is 6.07 Å². The Morgan fingerprint density at radius 1 is 1.33 bits per heavy atom. The van der Waals surface area contributed by atoms with E-state index in [1.54, 1.807) is 32.0 Å². The van der Waals surface area contributed by atoms with Gasteiger partial charge in [0.2, 0.25) is 15.9 Å². The molecule has 0 aliphatic carbocycles. The molecule has 21 heavy (non-hydrogen) atoms. The first-order valence-electron chi connectivity index (χ1n) is 6.68. The van der Waals surface area contributed by atoms with Crippen LogP contribution in [0, 0.1) is 5.82 Å². The topological polar surface area (TPSA) is 66.5 Å². The van der Waals surface area contributed by atoms with Gasteiger partial charge in [-0.3, -0.25) is 4.79 Å². The third kappa shape index (κ3) is 6.22. The summed E-state index contributed by atoms with van der Waals surface area (Å²) in [5.41, 5.74) is 0.426. The highest BCUT2D eigenvalue weighted by Crippen LogP contribution is 2.09. The minimum absolute atomic E-state index is 0.0608. The lowest BCUT2D eigenvalue weighted by molar-refractivity contribution is -0.121. The molecule has 1 rings (SSSR count). The Morgan fingerprint density at radius 2 is 1.95 bits per heavy atom. The summed E-state index contributed by atoms with van der Waals surface area (Å²) in [6.07, 6.45) is 1.26. The summed E-state index contributed by atoms with van der Waals surface area (Å²) in [6, 6.07) is 6.12. The van der Waals surface area contributed by atoms with Crippen LogP contribution >= 0.6 is 0 Å².